The zero-order valence-electron chi connectivity index (χ0n) is 11.7. The Bertz CT molecular complexity index is 573. The molecule has 1 heterocycles. The molecule has 1 aliphatic rings. The molecule has 0 bridgehead atoms. The topological polar surface area (TPSA) is 74.7 Å². The number of aliphatic carboxylic acids is 1. The molecule has 0 spiro atoms. The summed E-state index contributed by atoms with van der Waals surface area (Å²) < 4.78 is 0. The maximum Gasteiger partial charge on any atom is 0.307 e. The average molecular weight is 307 g/mol. The first-order valence-corrected chi connectivity index (χ1v) is 7.57. The number of nitrogens with zero attached hydrogens (tertiary/aromatic N) is 1. The van der Waals surface area contributed by atoms with Gasteiger partial charge in [-0.1, -0.05) is 36.0 Å². The molecule has 1 amide bonds. The molecule has 1 saturated heterocycles. The van der Waals surface area contributed by atoms with Gasteiger partial charge in [-0.05, 0) is 11.1 Å². The Labute approximate surface area is 127 Å². The Balaban J connectivity index is 2.06. The van der Waals surface area contributed by atoms with Crippen LogP contribution in [0.5, 0.6) is 0 Å². The van der Waals surface area contributed by atoms with Crippen LogP contribution in [0.3, 0.4) is 0 Å². The van der Waals surface area contributed by atoms with Crippen LogP contribution in [-0.2, 0) is 27.3 Å². The molecule has 1 N–H and O–H groups in total. The van der Waals surface area contributed by atoms with E-state index in [4.69, 9.17) is 5.11 Å². The molecule has 0 saturated carbocycles. The largest absolute Gasteiger partial charge is 0.481 e. The lowest BCUT2D eigenvalue weighted by Gasteiger charge is -2.18. The number of carbonyl (C=O) groups excluding carboxylic acids is 2. The molecule has 5 nitrogen and oxygen atoms in total. The van der Waals surface area contributed by atoms with Gasteiger partial charge in [0.2, 0.25) is 5.91 Å². The highest BCUT2D eigenvalue weighted by atomic mass is 32.2. The molecule has 6 heteroatoms. The number of hydrogen-bond acceptors (Lipinski definition) is 4. The zero-order valence-corrected chi connectivity index (χ0v) is 12.6. The lowest BCUT2D eigenvalue weighted by molar-refractivity contribution is -0.136. The SMILES string of the molecule is CC(=O)SC1CC(=O)N(Cc2ccccc2CC(=O)O)C1. The van der Waals surface area contributed by atoms with Crippen molar-refractivity contribution in [1.29, 1.82) is 0 Å². The van der Waals surface area contributed by atoms with Gasteiger partial charge in [-0.15, -0.1) is 0 Å². The van der Waals surface area contributed by atoms with Crippen molar-refractivity contribution in [3.63, 3.8) is 0 Å². The smallest absolute Gasteiger partial charge is 0.307 e. The molecule has 1 aromatic rings. The lowest BCUT2D eigenvalue weighted by Crippen LogP contribution is -2.25. The minimum atomic E-state index is -0.889. The van der Waals surface area contributed by atoms with Crippen LogP contribution < -0.4 is 0 Å². The number of carboxylic acid groups (broad SMARTS) is 1. The number of likely N-dealkylation sites (tertiary alicyclic amines) is 1. The van der Waals surface area contributed by atoms with Crippen LogP contribution >= 0.6 is 11.8 Å². The van der Waals surface area contributed by atoms with Crippen LogP contribution in [0.2, 0.25) is 0 Å². The molecule has 1 aliphatic heterocycles. The van der Waals surface area contributed by atoms with Crippen LogP contribution in [0.15, 0.2) is 24.3 Å². The van der Waals surface area contributed by atoms with Gasteiger partial charge < -0.3 is 10.0 Å². The van der Waals surface area contributed by atoms with E-state index in [2.05, 4.69) is 0 Å². The van der Waals surface area contributed by atoms with E-state index in [0.717, 1.165) is 11.1 Å². The Morgan fingerprint density at radius 1 is 1.33 bits per heavy atom. The summed E-state index contributed by atoms with van der Waals surface area (Å²) in [5.41, 5.74) is 1.57. The van der Waals surface area contributed by atoms with Crippen molar-refractivity contribution in [3.8, 4) is 0 Å². The van der Waals surface area contributed by atoms with Gasteiger partial charge in [-0.25, -0.2) is 0 Å². The van der Waals surface area contributed by atoms with Gasteiger partial charge in [0.25, 0.3) is 0 Å². The minimum Gasteiger partial charge on any atom is -0.481 e. The van der Waals surface area contributed by atoms with Crippen molar-refractivity contribution < 1.29 is 19.5 Å². The summed E-state index contributed by atoms with van der Waals surface area (Å²) in [5, 5.41) is 8.94. The predicted molar refractivity (Wildman–Crippen MR) is 79.9 cm³/mol. The highest BCUT2D eigenvalue weighted by Crippen LogP contribution is 2.26. The Hall–Kier alpha value is -1.82. The second kappa shape index (κ2) is 6.76. The second-order valence-corrected chi connectivity index (χ2v) is 6.53. The highest BCUT2D eigenvalue weighted by molar-refractivity contribution is 8.14. The number of carbonyl (C=O) groups is 3. The van der Waals surface area contributed by atoms with Crippen molar-refractivity contribution in [3.05, 3.63) is 35.4 Å². The molecule has 1 atom stereocenters. The molecule has 0 aliphatic carbocycles. The summed E-state index contributed by atoms with van der Waals surface area (Å²) in [4.78, 5) is 35.7. The number of carboxylic acids is 1. The first kappa shape index (κ1) is 15.6. The summed E-state index contributed by atoms with van der Waals surface area (Å²) in [6.45, 7) is 2.43. The third kappa shape index (κ3) is 4.32. The third-order valence-corrected chi connectivity index (χ3v) is 4.31. The Morgan fingerprint density at radius 3 is 2.62 bits per heavy atom. The highest BCUT2D eigenvalue weighted by Gasteiger charge is 2.31. The number of amides is 1. The monoisotopic (exact) mass is 307 g/mol. The van der Waals surface area contributed by atoms with Crippen LogP contribution in [0.25, 0.3) is 0 Å². The lowest BCUT2D eigenvalue weighted by atomic mass is 10.0. The van der Waals surface area contributed by atoms with Gasteiger partial charge in [0.05, 0.1) is 6.42 Å². The minimum absolute atomic E-state index is 0.00151. The van der Waals surface area contributed by atoms with E-state index in [9.17, 15) is 14.4 Å². The molecular formula is C15H17NO4S. The van der Waals surface area contributed by atoms with E-state index in [1.54, 1.807) is 17.0 Å². The van der Waals surface area contributed by atoms with Gasteiger partial charge >= 0.3 is 5.97 Å². The van der Waals surface area contributed by atoms with Crippen LogP contribution in [0, 0.1) is 0 Å². The van der Waals surface area contributed by atoms with Crippen molar-refractivity contribution in [2.45, 2.75) is 31.6 Å². The first-order valence-electron chi connectivity index (χ1n) is 6.69. The normalized spacial score (nSPS) is 18.0. The van der Waals surface area contributed by atoms with Gasteiger partial charge in [0, 0.05) is 31.7 Å². The van der Waals surface area contributed by atoms with Gasteiger partial charge in [-0.2, -0.15) is 0 Å². The number of rotatable bonds is 5. The molecule has 1 unspecified atom stereocenters. The average Bonchev–Trinajstić information content (AvgIpc) is 2.70. The standard InChI is InChI=1S/C15H17NO4S/c1-10(17)21-13-7-14(18)16(9-13)8-12-5-3-2-4-11(12)6-15(19)20/h2-5,13H,6-9H2,1H3,(H,19,20). The van der Waals surface area contributed by atoms with Crippen LogP contribution in [-0.4, -0.2) is 38.8 Å². The first-order chi connectivity index (χ1) is 9.95. The quantitative estimate of drug-likeness (QED) is 0.896. The Morgan fingerprint density at radius 2 is 2.00 bits per heavy atom. The van der Waals surface area contributed by atoms with Gasteiger partial charge in [0.1, 0.15) is 0 Å². The summed E-state index contributed by atoms with van der Waals surface area (Å²) >= 11 is 1.20. The molecule has 1 aromatic carbocycles. The van der Waals surface area contributed by atoms with Crippen molar-refractivity contribution in [2.75, 3.05) is 6.54 Å². The number of thioether (sulfide) groups is 1. The third-order valence-electron chi connectivity index (χ3n) is 3.33. The van der Waals surface area contributed by atoms with E-state index in [1.165, 1.54) is 18.7 Å². The fourth-order valence-corrected chi connectivity index (χ4v) is 3.40. The molecule has 21 heavy (non-hydrogen) atoms. The van der Waals surface area contributed by atoms with Crippen LogP contribution in [0.1, 0.15) is 24.5 Å². The maximum atomic E-state index is 12.0. The molecular weight excluding hydrogens is 290 g/mol. The van der Waals surface area contributed by atoms with Crippen molar-refractivity contribution in [1.82, 2.24) is 4.90 Å². The summed E-state index contributed by atoms with van der Waals surface area (Å²) in [5.74, 6) is -0.876. The van der Waals surface area contributed by atoms with Gasteiger partial charge in [-0.3, -0.25) is 14.4 Å². The zero-order chi connectivity index (χ0) is 15.4. The summed E-state index contributed by atoms with van der Waals surface area (Å²) in [6, 6.07) is 7.24. The summed E-state index contributed by atoms with van der Waals surface area (Å²) in [7, 11) is 0. The molecule has 2 rings (SSSR count). The van der Waals surface area contributed by atoms with Crippen LogP contribution in [0.4, 0.5) is 0 Å². The van der Waals surface area contributed by atoms with E-state index in [-0.39, 0.29) is 22.7 Å². The van der Waals surface area contributed by atoms with Crippen molar-refractivity contribution in [2.24, 2.45) is 0 Å². The van der Waals surface area contributed by atoms with E-state index in [0.29, 0.717) is 19.5 Å². The molecule has 112 valence electrons. The van der Waals surface area contributed by atoms with Gasteiger partial charge in [0.15, 0.2) is 5.12 Å². The Kier molecular flexibility index (Phi) is 5.01. The second-order valence-electron chi connectivity index (χ2n) is 5.05. The molecule has 0 aromatic heterocycles. The van der Waals surface area contributed by atoms with E-state index in [1.807, 2.05) is 12.1 Å². The van der Waals surface area contributed by atoms with E-state index < -0.39 is 5.97 Å². The molecule has 1 fully saturated rings. The maximum absolute atomic E-state index is 12.0. The number of benzene rings is 1. The molecule has 0 radical (unpaired) electrons. The fraction of sp³-hybridized carbons (Fsp3) is 0.400. The number of hydrogen-bond donors (Lipinski definition) is 1. The van der Waals surface area contributed by atoms with E-state index >= 15 is 0 Å². The summed E-state index contributed by atoms with van der Waals surface area (Å²) in [6.07, 6.45) is 0.315. The fourth-order valence-electron chi connectivity index (χ4n) is 2.46. The van der Waals surface area contributed by atoms with Crippen molar-refractivity contribution >= 4 is 28.8 Å². The predicted octanol–water partition coefficient (Wildman–Crippen LogP) is 1.69.